The van der Waals surface area contributed by atoms with E-state index in [2.05, 4.69) is 57.4 Å². The van der Waals surface area contributed by atoms with Crippen molar-refractivity contribution in [1.82, 2.24) is 5.43 Å². The monoisotopic (exact) mass is 475 g/mol. The van der Waals surface area contributed by atoms with Crippen LogP contribution in [-0.2, 0) is 6.61 Å². The minimum atomic E-state index is -0.719. The second-order valence-corrected chi connectivity index (χ2v) is 6.86. The van der Waals surface area contributed by atoms with Gasteiger partial charge in [-0.05, 0) is 56.6 Å². The van der Waals surface area contributed by atoms with Crippen molar-refractivity contribution in [1.29, 1.82) is 0 Å². The molecule has 3 N–H and O–H groups in total. The molecule has 27 heavy (non-hydrogen) atoms. The number of hydrogen-bond donors (Lipinski definition) is 2. The van der Waals surface area contributed by atoms with Crippen LogP contribution in [-0.4, -0.2) is 19.4 Å². The van der Waals surface area contributed by atoms with E-state index in [0.29, 0.717) is 18.1 Å². The first-order chi connectivity index (χ1) is 13.1. The lowest BCUT2D eigenvalue weighted by atomic mass is 10.1. The van der Waals surface area contributed by atoms with Gasteiger partial charge in [0.1, 0.15) is 6.61 Å². The van der Waals surface area contributed by atoms with E-state index in [1.54, 1.807) is 13.2 Å². The second-order valence-electron chi connectivity index (χ2n) is 5.70. The van der Waals surface area contributed by atoms with Crippen molar-refractivity contribution in [3.8, 4) is 11.5 Å². The van der Waals surface area contributed by atoms with E-state index in [-0.39, 0.29) is 0 Å². The number of nitrogens with zero attached hydrogens (tertiary/aromatic N) is 1. The third-order valence-electron chi connectivity index (χ3n) is 3.89. The van der Waals surface area contributed by atoms with Gasteiger partial charge < -0.3 is 15.2 Å². The molecule has 0 saturated carbocycles. The quantitative estimate of drug-likeness (QED) is 0.321. The van der Waals surface area contributed by atoms with Gasteiger partial charge in [0.15, 0.2) is 11.5 Å². The SMILES string of the molecule is COc1cc(C=NNC(N)=O)cc(I)c1OCc1cccc2ccccc12. The Morgan fingerprint density at radius 3 is 2.78 bits per heavy atom. The number of hydrogen-bond acceptors (Lipinski definition) is 4. The van der Waals surface area contributed by atoms with Crippen molar-refractivity contribution in [3.05, 3.63) is 69.3 Å². The first-order valence-electron chi connectivity index (χ1n) is 8.14. The summed E-state index contributed by atoms with van der Waals surface area (Å²) in [6, 6.07) is 17.3. The number of methoxy groups -OCH3 is 1. The van der Waals surface area contributed by atoms with E-state index in [1.807, 2.05) is 24.3 Å². The standard InChI is InChI=1S/C20H18IN3O3/c1-26-18-10-13(11-23-24-20(22)25)9-17(21)19(18)27-12-15-7-4-6-14-5-2-3-8-16(14)15/h2-11H,12H2,1H3,(H3,22,24,25). The molecule has 7 heteroatoms. The predicted molar refractivity (Wildman–Crippen MR) is 114 cm³/mol. The Kier molecular flexibility index (Phi) is 6.12. The summed E-state index contributed by atoms with van der Waals surface area (Å²) in [5.41, 5.74) is 9.01. The molecule has 0 saturated heterocycles. The lowest BCUT2D eigenvalue weighted by Crippen LogP contribution is -2.24. The summed E-state index contributed by atoms with van der Waals surface area (Å²) >= 11 is 2.18. The molecule has 138 valence electrons. The molecule has 3 aromatic rings. The van der Waals surface area contributed by atoms with Gasteiger partial charge in [0, 0.05) is 0 Å². The third-order valence-corrected chi connectivity index (χ3v) is 4.69. The van der Waals surface area contributed by atoms with Crippen LogP contribution in [0.25, 0.3) is 10.8 Å². The van der Waals surface area contributed by atoms with Gasteiger partial charge in [0.25, 0.3) is 0 Å². The van der Waals surface area contributed by atoms with Gasteiger partial charge in [-0.1, -0.05) is 42.5 Å². The van der Waals surface area contributed by atoms with Gasteiger partial charge >= 0.3 is 6.03 Å². The van der Waals surface area contributed by atoms with Gasteiger partial charge in [-0.2, -0.15) is 5.10 Å². The first-order valence-corrected chi connectivity index (χ1v) is 9.22. The third kappa shape index (κ3) is 4.68. The minimum Gasteiger partial charge on any atom is -0.493 e. The summed E-state index contributed by atoms with van der Waals surface area (Å²) in [5.74, 6) is 1.24. The van der Waals surface area contributed by atoms with Crippen molar-refractivity contribution >= 4 is 45.6 Å². The maximum atomic E-state index is 10.7. The zero-order valence-corrected chi connectivity index (χ0v) is 16.8. The zero-order chi connectivity index (χ0) is 19.2. The van der Waals surface area contributed by atoms with Crippen molar-refractivity contribution in [2.45, 2.75) is 6.61 Å². The highest BCUT2D eigenvalue weighted by atomic mass is 127. The second kappa shape index (κ2) is 8.72. The Labute approximate surface area is 170 Å². The summed E-state index contributed by atoms with van der Waals surface area (Å²) in [7, 11) is 1.58. The normalized spacial score (nSPS) is 10.9. The fourth-order valence-electron chi connectivity index (χ4n) is 2.69. The largest absolute Gasteiger partial charge is 0.493 e. The number of fused-ring (bicyclic) bond motifs is 1. The number of halogens is 1. The molecule has 0 bridgehead atoms. The van der Waals surface area contributed by atoms with E-state index < -0.39 is 6.03 Å². The van der Waals surface area contributed by atoms with Crippen LogP contribution < -0.4 is 20.6 Å². The van der Waals surface area contributed by atoms with E-state index >= 15 is 0 Å². The minimum absolute atomic E-state index is 0.421. The Morgan fingerprint density at radius 1 is 1.22 bits per heavy atom. The fraction of sp³-hybridized carbons (Fsp3) is 0.100. The number of ether oxygens (including phenoxy) is 2. The van der Waals surface area contributed by atoms with Gasteiger partial charge in [0.05, 0.1) is 16.9 Å². The summed E-state index contributed by atoms with van der Waals surface area (Å²) in [6.45, 7) is 0.421. The molecule has 0 heterocycles. The molecule has 0 radical (unpaired) electrons. The number of primary amides is 1. The van der Waals surface area contributed by atoms with Crippen LogP contribution >= 0.6 is 22.6 Å². The highest BCUT2D eigenvalue weighted by Gasteiger charge is 2.12. The molecule has 0 aliphatic carbocycles. The lowest BCUT2D eigenvalue weighted by molar-refractivity contribution is 0.249. The van der Waals surface area contributed by atoms with E-state index in [1.165, 1.54) is 11.6 Å². The zero-order valence-electron chi connectivity index (χ0n) is 14.6. The topological polar surface area (TPSA) is 85.9 Å². The molecule has 2 amide bonds. The number of nitrogens with one attached hydrogen (secondary N) is 1. The van der Waals surface area contributed by atoms with Crippen molar-refractivity contribution in [3.63, 3.8) is 0 Å². The van der Waals surface area contributed by atoms with E-state index in [0.717, 1.165) is 20.1 Å². The van der Waals surface area contributed by atoms with E-state index in [9.17, 15) is 4.79 Å². The molecule has 0 aliphatic heterocycles. The molecule has 0 atom stereocenters. The van der Waals surface area contributed by atoms with Crippen LogP contribution in [0.2, 0.25) is 0 Å². The number of nitrogens with two attached hydrogens (primary N) is 1. The highest BCUT2D eigenvalue weighted by Crippen LogP contribution is 2.34. The van der Waals surface area contributed by atoms with Crippen LogP contribution in [0, 0.1) is 3.57 Å². The maximum Gasteiger partial charge on any atom is 0.332 e. The average Bonchev–Trinajstić information content (AvgIpc) is 2.66. The number of amides is 2. The molecule has 0 aliphatic rings. The van der Waals surface area contributed by atoms with Crippen molar-refractivity contribution < 1.29 is 14.3 Å². The molecule has 0 spiro atoms. The van der Waals surface area contributed by atoms with Crippen LogP contribution in [0.3, 0.4) is 0 Å². The fourth-order valence-corrected chi connectivity index (χ4v) is 3.47. The lowest BCUT2D eigenvalue weighted by Gasteiger charge is -2.14. The number of carbonyl (C=O) groups excluding carboxylic acids is 1. The number of carbonyl (C=O) groups is 1. The predicted octanol–water partition coefficient (Wildman–Crippen LogP) is 4.03. The number of urea groups is 1. The highest BCUT2D eigenvalue weighted by molar-refractivity contribution is 14.1. The Morgan fingerprint density at radius 2 is 2.00 bits per heavy atom. The molecule has 0 unspecified atom stereocenters. The summed E-state index contributed by atoms with van der Waals surface area (Å²) in [5, 5.41) is 6.10. The van der Waals surface area contributed by atoms with Crippen LogP contribution in [0.1, 0.15) is 11.1 Å². The van der Waals surface area contributed by atoms with Gasteiger partial charge in [-0.15, -0.1) is 0 Å². The molecule has 3 aromatic carbocycles. The molecule has 0 fully saturated rings. The Bertz CT molecular complexity index is 1000. The van der Waals surface area contributed by atoms with Crippen molar-refractivity contribution in [2.75, 3.05) is 7.11 Å². The van der Waals surface area contributed by atoms with Gasteiger partial charge in [0.2, 0.25) is 0 Å². The Balaban J connectivity index is 1.84. The van der Waals surface area contributed by atoms with Crippen molar-refractivity contribution in [2.24, 2.45) is 10.8 Å². The summed E-state index contributed by atoms with van der Waals surface area (Å²) in [6.07, 6.45) is 1.49. The summed E-state index contributed by atoms with van der Waals surface area (Å²) in [4.78, 5) is 10.7. The summed E-state index contributed by atoms with van der Waals surface area (Å²) < 4.78 is 12.4. The molecular formula is C20H18IN3O3. The molecule has 6 nitrogen and oxygen atoms in total. The average molecular weight is 475 g/mol. The van der Waals surface area contributed by atoms with Gasteiger partial charge in [-0.25, -0.2) is 10.2 Å². The molecule has 0 aromatic heterocycles. The number of rotatable bonds is 6. The first kappa shape index (κ1) is 19.0. The van der Waals surface area contributed by atoms with Crippen LogP contribution in [0.15, 0.2) is 59.7 Å². The Hall–Kier alpha value is -2.81. The number of benzene rings is 3. The van der Waals surface area contributed by atoms with E-state index in [4.69, 9.17) is 15.2 Å². The smallest absolute Gasteiger partial charge is 0.332 e. The van der Waals surface area contributed by atoms with Gasteiger partial charge in [-0.3, -0.25) is 0 Å². The van der Waals surface area contributed by atoms with Crippen LogP contribution in [0.5, 0.6) is 11.5 Å². The van der Waals surface area contributed by atoms with Crippen LogP contribution in [0.4, 0.5) is 4.79 Å². The maximum absolute atomic E-state index is 10.7. The molecular weight excluding hydrogens is 457 g/mol. The molecule has 3 rings (SSSR count). The number of hydrazone groups is 1.